The number of hydrogen-bond acceptors (Lipinski definition) is 6. The highest BCUT2D eigenvalue weighted by Gasteiger charge is 2.24. The predicted octanol–water partition coefficient (Wildman–Crippen LogP) is 2.98. The largest absolute Gasteiger partial charge is 0.389 e. The van der Waals surface area contributed by atoms with Gasteiger partial charge in [-0.15, -0.1) is 0 Å². The SMILES string of the molecule is Cc1nc(C)c(Cc2ccccc2)c(N2CCN(C[C@H](O)COC(C)(C)C)CC2)n1. The Balaban J connectivity index is 1.64. The lowest BCUT2D eigenvalue weighted by Crippen LogP contribution is -2.50. The van der Waals surface area contributed by atoms with Crippen LogP contribution < -0.4 is 4.90 Å². The Bertz CT molecular complexity index is 812. The molecule has 0 radical (unpaired) electrons. The molecule has 0 spiro atoms. The smallest absolute Gasteiger partial charge is 0.136 e. The van der Waals surface area contributed by atoms with Crippen molar-refractivity contribution in [2.24, 2.45) is 0 Å². The van der Waals surface area contributed by atoms with Gasteiger partial charge in [0, 0.05) is 50.4 Å². The molecule has 3 rings (SSSR count). The van der Waals surface area contributed by atoms with Crippen molar-refractivity contribution in [3.63, 3.8) is 0 Å². The first-order valence-electron chi connectivity index (χ1n) is 10.9. The summed E-state index contributed by atoms with van der Waals surface area (Å²) in [6.07, 6.45) is 0.374. The van der Waals surface area contributed by atoms with Gasteiger partial charge in [-0.3, -0.25) is 4.90 Å². The molecule has 6 heteroatoms. The van der Waals surface area contributed by atoms with Crippen molar-refractivity contribution >= 4 is 5.82 Å². The minimum absolute atomic E-state index is 0.225. The fourth-order valence-corrected chi connectivity index (χ4v) is 3.83. The first kappa shape index (κ1) is 22.7. The normalized spacial score (nSPS) is 16.7. The van der Waals surface area contributed by atoms with E-state index in [4.69, 9.17) is 9.72 Å². The van der Waals surface area contributed by atoms with Crippen LogP contribution in [0.4, 0.5) is 5.82 Å². The van der Waals surface area contributed by atoms with Gasteiger partial charge < -0.3 is 14.7 Å². The number of aliphatic hydroxyl groups excluding tert-OH is 1. The Morgan fingerprint density at radius 2 is 1.70 bits per heavy atom. The number of rotatable bonds is 7. The third kappa shape index (κ3) is 6.49. The summed E-state index contributed by atoms with van der Waals surface area (Å²) in [5, 5.41) is 10.3. The highest BCUT2D eigenvalue weighted by Crippen LogP contribution is 2.25. The van der Waals surface area contributed by atoms with Crippen LogP contribution in [-0.2, 0) is 11.2 Å². The van der Waals surface area contributed by atoms with E-state index in [0.29, 0.717) is 13.2 Å². The summed E-state index contributed by atoms with van der Waals surface area (Å²) in [5.74, 6) is 1.87. The number of anilines is 1. The second-order valence-electron chi connectivity index (χ2n) is 9.19. The van der Waals surface area contributed by atoms with Gasteiger partial charge in [0.2, 0.25) is 0 Å². The molecule has 1 atom stereocenters. The molecular weight excluding hydrogens is 376 g/mol. The molecule has 6 nitrogen and oxygen atoms in total. The van der Waals surface area contributed by atoms with Crippen molar-refractivity contribution in [3.05, 3.63) is 53.0 Å². The summed E-state index contributed by atoms with van der Waals surface area (Å²) in [4.78, 5) is 14.1. The number of aromatic nitrogens is 2. The van der Waals surface area contributed by atoms with Crippen molar-refractivity contribution in [1.82, 2.24) is 14.9 Å². The molecule has 0 saturated carbocycles. The third-order valence-corrected chi connectivity index (χ3v) is 5.38. The van der Waals surface area contributed by atoms with E-state index in [0.717, 1.165) is 49.9 Å². The van der Waals surface area contributed by atoms with E-state index in [1.807, 2.05) is 33.8 Å². The van der Waals surface area contributed by atoms with Crippen molar-refractivity contribution in [2.75, 3.05) is 44.2 Å². The van der Waals surface area contributed by atoms with Crippen LogP contribution in [0.5, 0.6) is 0 Å². The quantitative estimate of drug-likeness (QED) is 0.754. The van der Waals surface area contributed by atoms with Gasteiger partial charge in [0.1, 0.15) is 11.6 Å². The Morgan fingerprint density at radius 3 is 2.33 bits per heavy atom. The van der Waals surface area contributed by atoms with Gasteiger partial charge in [-0.2, -0.15) is 0 Å². The summed E-state index contributed by atoms with van der Waals surface area (Å²) in [7, 11) is 0. The molecule has 1 saturated heterocycles. The van der Waals surface area contributed by atoms with E-state index in [1.165, 1.54) is 11.1 Å². The lowest BCUT2D eigenvalue weighted by Gasteiger charge is -2.37. The summed E-state index contributed by atoms with van der Waals surface area (Å²) < 4.78 is 5.72. The lowest BCUT2D eigenvalue weighted by molar-refractivity contribution is -0.0563. The van der Waals surface area contributed by atoms with E-state index >= 15 is 0 Å². The molecule has 1 N–H and O–H groups in total. The average molecular weight is 413 g/mol. The highest BCUT2D eigenvalue weighted by molar-refractivity contribution is 5.51. The van der Waals surface area contributed by atoms with E-state index in [9.17, 15) is 5.11 Å². The molecule has 1 aliphatic heterocycles. The third-order valence-electron chi connectivity index (χ3n) is 5.38. The molecule has 1 fully saturated rings. The maximum Gasteiger partial charge on any atom is 0.136 e. The van der Waals surface area contributed by atoms with Crippen LogP contribution in [-0.4, -0.2) is 71.0 Å². The number of aliphatic hydroxyl groups is 1. The van der Waals surface area contributed by atoms with Crippen LogP contribution >= 0.6 is 0 Å². The second kappa shape index (κ2) is 9.86. The van der Waals surface area contributed by atoms with Crippen LogP contribution in [0, 0.1) is 13.8 Å². The molecule has 1 aromatic carbocycles. The number of hydrogen-bond donors (Lipinski definition) is 1. The van der Waals surface area contributed by atoms with Crippen molar-refractivity contribution < 1.29 is 9.84 Å². The molecule has 0 amide bonds. The van der Waals surface area contributed by atoms with Crippen molar-refractivity contribution in [1.29, 1.82) is 0 Å². The van der Waals surface area contributed by atoms with E-state index < -0.39 is 6.10 Å². The molecule has 1 aliphatic rings. The lowest BCUT2D eigenvalue weighted by atomic mass is 10.0. The molecule has 30 heavy (non-hydrogen) atoms. The summed E-state index contributed by atoms with van der Waals surface area (Å²) in [5.41, 5.74) is 3.31. The van der Waals surface area contributed by atoms with E-state index in [2.05, 4.69) is 46.0 Å². The van der Waals surface area contributed by atoms with Crippen molar-refractivity contribution in [3.8, 4) is 0 Å². The van der Waals surface area contributed by atoms with E-state index in [1.54, 1.807) is 0 Å². The first-order chi connectivity index (χ1) is 14.2. The van der Waals surface area contributed by atoms with Gasteiger partial charge in [-0.1, -0.05) is 30.3 Å². The molecule has 0 bridgehead atoms. The topological polar surface area (TPSA) is 61.7 Å². The average Bonchev–Trinajstić information content (AvgIpc) is 2.69. The summed E-state index contributed by atoms with van der Waals surface area (Å²) in [6, 6.07) is 10.5. The fourth-order valence-electron chi connectivity index (χ4n) is 3.83. The highest BCUT2D eigenvalue weighted by atomic mass is 16.5. The van der Waals surface area contributed by atoms with Gasteiger partial charge in [-0.25, -0.2) is 9.97 Å². The molecule has 2 aromatic rings. The Hall–Kier alpha value is -2.02. The zero-order chi connectivity index (χ0) is 21.7. The first-order valence-corrected chi connectivity index (χ1v) is 10.9. The van der Waals surface area contributed by atoms with Gasteiger partial charge >= 0.3 is 0 Å². The van der Waals surface area contributed by atoms with Gasteiger partial charge in [0.15, 0.2) is 0 Å². The second-order valence-corrected chi connectivity index (χ2v) is 9.19. The molecule has 2 heterocycles. The van der Waals surface area contributed by atoms with E-state index in [-0.39, 0.29) is 5.60 Å². The number of benzene rings is 1. The number of nitrogens with zero attached hydrogens (tertiary/aromatic N) is 4. The van der Waals surface area contributed by atoms with Crippen LogP contribution in [0.15, 0.2) is 30.3 Å². The Kier molecular flexibility index (Phi) is 7.45. The molecule has 1 aromatic heterocycles. The number of ether oxygens (including phenoxy) is 1. The summed E-state index contributed by atoms with van der Waals surface area (Å²) in [6.45, 7) is 14.7. The molecule has 0 aliphatic carbocycles. The van der Waals surface area contributed by atoms with Crippen LogP contribution in [0.2, 0.25) is 0 Å². The standard InChI is InChI=1S/C24H36N4O2/c1-18-22(15-20-9-7-6-8-10-20)23(26-19(2)25-18)28-13-11-27(12-14-28)16-21(29)17-30-24(3,4)5/h6-10,21,29H,11-17H2,1-5H3/t21-/m0/s1. The van der Waals surface area contributed by atoms with Gasteiger partial charge in [0.25, 0.3) is 0 Å². The maximum atomic E-state index is 10.3. The number of piperazine rings is 1. The van der Waals surface area contributed by atoms with Crippen LogP contribution in [0.25, 0.3) is 0 Å². The molecule has 0 unspecified atom stereocenters. The fraction of sp³-hybridized carbons (Fsp3) is 0.583. The number of β-amino-alcohol motifs (C(OH)–C–C–N with tert-alkyl or cyclic N) is 1. The molecule has 164 valence electrons. The zero-order valence-electron chi connectivity index (χ0n) is 19.1. The van der Waals surface area contributed by atoms with Crippen LogP contribution in [0.3, 0.4) is 0 Å². The minimum atomic E-state index is -0.465. The van der Waals surface area contributed by atoms with Gasteiger partial charge in [0.05, 0.1) is 18.3 Å². The maximum absolute atomic E-state index is 10.3. The monoisotopic (exact) mass is 412 g/mol. The van der Waals surface area contributed by atoms with Gasteiger partial charge in [-0.05, 0) is 40.2 Å². The zero-order valence-corrected chi connectivity index (χ0v) is 19.1. The Morgan fingerprint density at radius 1 is 1.03 bits per heavy atom. The predicted molar refractivity (Wildman–Crippen MR) is 121 cm³/mol. The molecular formula is C24H36N4O2. The minimum Gasteiger partial charge on any atom is -0.389 e. The number of aryl methyl sites for hydroxylation is 2. The van der Waals surface area contributed by atoms with Crippen molar-refractivity contribution in [2.45, 2.75) is 52.7 Å². The van der Waals surface area contributed by atoms with Crippen LogP contribution in [0.1, 0.15) is 43.4 Å². The Labute approximate surface area is 180 Å². The summed E-state index contributed by atoms with van der Waals surface area (Å²) >= 11 is 0.